The van der Waals surface area contributed by atoms with Crippen LogP contribution < -0.4 is 10.9 Å². The van der Waals surface area contributed by atoms with Crippen molar-refractivity contribution in [3.63, 3.8) is 0 Å². The Kier molecular flexibility index (Phi) is 4.87. The minimum Gasteiger partial charge on any atom is -0.346 e. The summed E-state index contributed by atoms with van der Waals surface area (Å²) in [6.45, 7) is 1.48. The Morgan fingerprint density at radius 2 is 1.83 bits per heavy atom. The number of carbonyl (C=O) groups is 1. The normalized spacial score (nSPS) is 30.1. The van der Waals surface area contributed by atoms with E-state index in [1.54, 1.807) is 17.4 Å². The van der Waals surface area contributed by atoms with Gasteiger partial charge in [-0.2, -0.15) is 0 Å². The van der Waals surface area contributed by atoms with Crippen molar-refractivity contribution in [2.45, 2.75) is 57.2 Å². The molecule has 0 radical (unpaired) electrons. The van der Waals surface area contributed by atoms with Crippen molar-refractivity contribution in [1.82, 2.24) is 15.2 Å². The van der Waals surface area contributed by atoms with Crippen LogP contribution in [0.5, 0.6) is 0 Å². The van der Waals surface area contributed by atoms with Crippen molar-refractivity contribution in [1.29, 1.82) is 0 Å². The zero-order chi connectivity index (χ0) is 20.0. The molecule has 0 saturated heterocycles. The Bertz CT molecular complexity index is 914. The Morgan fingerprint density at radius 1 is 1.14 bits per heavy atom. The molecule has 4 aliphatic rings. The molecule has 0 atom stereocenters. The van der Waals surface area contributed by atoms with Gasteiger partial charge in [-0.05, 0) is 86.9 Å². The number of aromatic nitrogens is 1. The van der Waals surface area contributed by atoms with Gasteiger partial charge in [-0.15, -0.1) is 11.3 Å². The second-order valence-corrected chi connectivity index (χ2v) is 10.7. The molecular formula is C23H29N3O2S. The molecule has 2 aromatic heterocycles. The molecular weight excluding hydrogens is 382 g/mol. The van der Waals surface area contributed by atoms with Gasteiger partial charge in [-0.1, -0.05) is 6.07 Å². The maximum Gasteiger partial charge on any atom is 0.261 e. The molecule has 5 nitrogen and oxygen atoms in total. The van der Waals surface area contributed by atoms with E-state index in [0.29, 0.717) is 6.54 Å². The molecule has 6 rings (SSSR count). The molecule has 0 unspecified atom stereocenters. The number of hydrogen-bond donors (Lipinski definition) is 2. The minimum atomic E-state index is -0.283. The molecule has 2 aromatic rings. The van der Waals surface area contributed by atoms with Gasteiger partial charge >= 0.3 is 0 Å². The van der Waals surface area contributed by atoms with E-state index in [1.165, 1.54) is 24.1 Å². The molecule has 4 bridgehead atoms. The highest BCUT2D eigenvalue weighted by Crippen LogP contribution is 2.55. The molecule has 6 heteroatoms. The quantitative estimate of drug-likeness (QED) is 0.761. The van der Waals surface area contributed by atoms with Gasteiger partial charge < -0.3 is 10.3 Å². The van der Waals surface area contributed by atoms with Crippen LogP contribution >= 0.6 is 11.3 Å². The topological polar surface area (TPSA) is 65.2 Å². The first kappa shape index (κ1) is 19.1. The van der Waals surface area contributed by atoms with Crippen LogP contribution in [-0.2, 0) is 13.1 Å². The van der Waals surface area contributed by atoms with Crippen LogP contribution in [0.25, 0.3) is 0 Å². The number of amides is 1. The fourth-order valence-corrected chi connectivity index (χ4v) is 7.16. The summed E-state index contributed by atoms with van der Waals surface area (Å²) < 4.78 is 0. The fraction of sp³-hybridized carbons (Fsp3) is 0.565. The van der Waals surface area contributed by atoms with Crippen LogP contribution in [0.1, 0.15) is 59.5 Å². The summed E-state index contributed by atoms with van der Waals surface area (Å²) in [4.78, 5) is 32.0. The molecule has 29 heavy (non-hydrogen) atoms. The highest BCUT2D eigenvalue weighted by molar-refractivity contribution is 7.09. The summed E-state index contributed by atoms with van der Waals surface area (Å²) >= 11 is 1.73. The second kappa shape index (κ2) is 7.40. The van der Waals surface area contributed by atoms with E-state index >= 15 is 0 Å². The Hall–Kier alpha value is -1.92. The molecule has 154 valence electrons. The van der Waals surface area contributed by atoms with Gasteiger partial charge in [0.25, 0.3) is 11.5 Å². The van der Waals surface area contributed by atoms with Gasteiger partial charge in [0.1, 0.15) is 5.56 Å². The second-order valence-electron chi connectivity index (χ2n) is 9.63. The van der Waals surface area contributed by atoms with E-state index in [1.807, 2.05) is 19.2 Å². The molecule has 2 N–H and O–H groups in total. The summed E-state index contributed by atoms with van der Waals surface area (Å²) in [5, 5.41) is 5.38. The summed E-state index contributed by atoms with van der Waals surface area (Å²) in [6, 6.07) is 7.73. The predicted octanol–water partition coefficient (Wildman–Crippen LogP) is 3.77. The van der Waals surface area contributed by atoms with Crippen LogP contribution in [0.2, 0.25) is 0 Å². The van der Waals surface area contributed by atoms with Crippen LogP contribution in [0, 0.1) is 17.8 Å². The minimum absolute atomic E-state index is 0.0716. The predicted molar refractivity (Wildman–Crippen MR) is 115 cm³/mol. The van der Waals surface area contributed by atoms with Gasteiger partial charge in [0.15, 0.2) is 0 Å². The first-order chi connectivity index (χ1) is 14.0. The lowest BCUT2D eigenvalue weighted by atomic mass is 9.53. The van der Waals surface area contributed by atoms with Crippen molar-refractivity contribution < 1.29 is 4.79 Å². The standard InChI is InChI=1S/C23H29N3O2S/c1-26(14-19-3-2-6-29-19)13-18-4-5-20(21(27)24-18)22(28)25-23-10-15-7-16(11-23)9-17(8-15)12-23/h2-6,15-17H,7-14H2,1H3,(H,24,27)(H,25,28). The lowest BCUT2D eigenvalue weighted by molar-refractivity contribution is -0.0167. The van der Waals surface area contributed by atoms with Crippen LogP contribution in [0.15, 0.2) is 34.4 Å². The maximum absolute atomic E-state index is 13.0. The fourth-order valence-electron chi connectivity index (χ4n) is 6.37. The zero-order valence-electron chi connectivity index (χ0n) is 16.9. The number of hydrogen-bond acceptors (Lipinski definition) is 4. The van der Waals surface area contributed by atoms with Crippen molar-refractivity contribution in [2.24, 2.45) is 17.8 Å². The summed E-state index contributed by atoms with van der Waals surface area (Å²) in [5.74, 6) is 2.09. The first-order valence-electron chi connectivity index (χ1n) is 10.7. The van der Waals surface area contributed by atoms with Crippen molar-refractivity contribution >= 4 is 17.2 Å². The average Bonchev–Trinajstić information content (AvgIpc) is 3.12. The molecule has 0 spiro atoms. The van der Waals surface area contributed by atoms with Gasteiger partial charge in [-0.25, -0.2) is 0 Å². The zero-order valence-corrected chi connectivity index (χ0v) is 17.8. The molecule has 1 amide bonds. The van der Waals surface area contributed by atoms with E-state index in [9.17, 15) is 9.59 Å². The largest absolute Gasteiger partial charge is 0.346 e. The van der Waals surface area contributed by atoms with Crippen LogP contribution in [-0.4, -0.2) is 28.4 Å². The smallest absolute Gasteiger partial charge is 0.261 e. The Morgan fingerprint density at radius 3 is 2.41 bits per heavy atom. The van der Waals surface area contributed by atoms with Gasteiger partial charge in [0.05, 0.1) is 0 Å². The first-order valence-corrected chi connectivity index (χ1v) is 11.6. The van der Waals surface area contributed by atoms with Gasteiger partial charge in [0, 0.05) is 29.2 Å². The third kappa shape index (κ3) is 3.92. The highest BCUT2D eigenvalue weighted by Gasteiger charge is 2.51. The van der Waals surface area contributed by atoms with Gasteiger partial charge in [-0.3, -0.25) is 14.5 Å². The Balaban J connectivity index is 1.25. The van der Waals surface area contributed by atoms with Gasteiger partial charge in [0.2, 0.25) is 0 Å². The molecule has 0 aliphatic heterocycles. The lowest BCUT2D eigenvalue weighted by Gasteiger charge is -2.56. The van der Waals surface area contributed by atoms with Crippen LogP contribution in [0.4, 0.5) is 0 Å². The third-order valence-corrected chi connectivity index (χ3v) is 7.94. The number of thiophene rings is 1. The number of nitrogens with one attached hydrogen (secondary N) is 2. The van der Waals surface area contributed by atoms with E-state index in [0.717, 1.165) is 49.3 Å². The van der Waals surface area contributed by atoms with E-state index in [2.05, 4.69) is 26.6 Å². The van der Waals surface area contributed by atoms with E-state index in [-0.39, 0.29) is 22.6 Å². The molecule has 4 fully saturated rings. The number of rotatable bonds is 6. The highest BCUT2D eigenvalue weighted by atomic mass is 32.1. The molecule has 4 saturated carbocycles. The average molecular weight is 412 g/mol. The Labute approximate surface area is 175 Å². The van der Waals surface area contributed by atoms with E-state index in [4.69, 9.17) is 0 Å². The third-order valence-electron chi connectivity index (χ3n) is 7.08. The maximum atomic E-state index is 13.0. The SMILES string of the molecule is CN(Cc1ccc(C(=O)NC23CC4CC(CC(C4)C2)C3)c(=O)[nH]1)Cc1cccs1. The lowest BCUT2D eigenvalue weighted by Crippen LogP contribution is -2.60. The number of pyridine rings is 1. The molecule has 2 heterocycles. The summed E-state index contributed by atoms with van der Waals surface area (Å²) in [6.07, 6.45) is 7.28. The molecule has 0 aromatic carbocycles. The van der Waals surface area contributed by atoms with Crippen molar-refractivity contribution in [3.05, 3.63) is 56.1 Å². The summed E-state index contributed by atoms with van der Waals surface area (Å²) in [5.41, 5.74) is 0.720. The number of nitrogens with zero attached hydrogens (tertiary/aromatic N) is 1. The number of carbonyl (C=O) groups excluding carboxylic acids is 1. The van der Waals surface area contributed by atoms with Crippen molar-refractivity contribution in [3.8, 4) is 0 Å². The number of H-pyrrole nitrogens is 1. The van der Waals surface area contributed by atoms with E-state index < -0.39 is 0 Å². The van der Waals surface area contributed by atoms with Crippen molar-refractivity contribution in [2.75, 3.05) is 7.05 Å². The monoisotopic (exact) mass is 411 g/mol. The number of aromatic amines is 1. The molecule has 4 aliphatic carbocycles. The summed E-state index contributed by atoms with van der Waals surface area (Å²) in [7, 11) is 2.03. The van der Waals surface area contributed by atoms with Crippen LogP contribution in [0.3, 0.4) is 0 Å².